The standard InChI is InChI=1S/C22H23ClFN3O2/c1-14(28)27-10-8-22(9-11-27)25-19(15-2-5-17(24)6-3-15)13-20(26-22)18-12-16(23)4-7-21(18)29/h2-7,12,19,25,29H,8-11,13H2,1H3. The number of hydrogen-bond acceptors (Lipinski definition) is 4. The van der Waals surface area contributed by atoms with E-state index in [-0.39, 0.29) is 23.5 Å². The summed E-state index contributed by atoms with van der Waals surface area (Å²) in [7, 11) is 0. The number of carbonyl (C=O) groups excluding carboxylic acids is 1. The molecule has 2 N–H and O–H groups in total. The van der Waals surface area contributed by atoms with Gasteiger partial charge in [-0.25, -0.2) is 4.39 Å². The molecule has 1 unspecified atom stereocenters. The summed E-state index contributed by atoms with van der Waals surface area (Å²) < 4.78 is 13.4. The van der Waals surface area contributed by atoms with E-state index in [2.05, 4.69) is 5.32 Å². The Bertz CT molecular complexity index is 953. The van der Waals surface area contributed by atoms with E-state index in [0.29, 0.717) is 42.9 Å². The van der Waals surface area contributed by atoms with Crippen molar-refractivity contribution in [2.75, 3.05) is 13.1 Å². The van der Waals surface area contributed by atoms with Gasteiger partial charge in [0.1, 0.15) is 17.2 Å². The molecule has 0 aliphatic carbocycles. The molecule has 2 aliphatic heterocycles. The van der Waals surface area contributed by atoms with Gasteiger partial charge in [-0.2, -0.15) is 0 Å². The topological polar surface area (TPSA) is 64.9 Å². The summed E-state index contributed by atoms with van der Waals surface area (Å²) in [5.41, 5.74) is 1.77. The number of benzene rings is 2. The lowest BCUT2D eigenvalue weighted by Gasteiger charge is -2.45. The molecule has 1 amide bonds. The van der Waals surface area contributed by atoms with Gasteiger partial charge in [0.2, 0.25) is 5.91 Å². The summed E-state index contributed by atoms with van der Waals surface area (Å²) in [4.78, 5) is 18.6. The van der Waals surface area contributed by atoms with Gasteiger partial charge >= 0.3 is 0 Å². The molecule has 0 radical (unpaired) electrons. The van der Waals surface area contributed by atoms with Crippen molar-refractivity contribution in [3.63, 3.8) is 0 Å². The number of carbonyl (C=O) groups is 1. The molecule has 1 saturated heterocycles. The van der Waals surface area contributed by atoms with E-state index in [1.54, 1.807) is 37.3 Å². The van der Waals surface area contributed by atoms with Gasteiger partial charge in [-0.15, -0.1) is 0 Å². The summed E-state index contributed by atoms with van der Waals surface area (Å²) >= 11 is 6.17. The van der Waals surface area contributed by atoms with E-state index in [1.165, 1.54) is 12.1 Å². The van der Waals surface area contributed by atoms with Crippen molar-refractivity contribution >= 4 is 23.2 Å². The molecule has 1 fully saturated rings. The van der Waals surface area contributed by atoms with Crippen LogP contribution in [0.1, 0.15) is 43.4 Å². The molecule has 4 rings (SSSR count). The third kappa shape index (κ3) is 4.14. The van der Waals surface area contributed by atoms with Crippen molar-refractivity contribution in [3.05, 3.63) is 64.4 Å². The molecule has 5 nitrogen and oxygen atoms in total. The van der Waals surface area contributed by atoms with Gasteiger partial charge in [-0.3, -0.25) is 15.1 Å². The maximum absolute atomic E-state index is 13.4. The minimum Gasteiger partial charge on any atom is -0.507 e. The summed E-state index contributed by atoms with van der Waals surface area (Å²) in [5.74, 6) is -0.0953. The minimum atomic E-state index is -0.548. The molecule has 2 aromatic carbocycles. The molecule has 2 heterocycles. The second-order valence-electron chi connectivity index (χ2n) is 7.71. The number of phenolic OH excluding ortho intramolecular Hbond substituents is 1. The van der Waals surface area contributed by atoms with Gasteiger partial charge in [0, 0.05) is 61.6 Å². The van der Waals surface area contributed by atoms with Crippen LogP contribution in [0.5, 0.6) is 5.75 Å². The molecule has 152 valence electrons. The Kier molecular flexibility index (Phi) is 5.32. The fraction of sp³-hybridized carbons (Fsp3) is 0.364. The highest BCUT2D eigenvalue weighted by Gasteiger charge is 2.40. The van der Waals surface area contributed by atoms with E-state index in [9.17, 15) is 14.3 Å². The summed E-state index contributed by atoms with van der Waals surface area (Å²) in [6.07, 6.45) is 1.86. The highest BCUT2D eigenvalue weighted by atomic mass is 35.5. The average molecular weight is 416 g/mol. The molecule has 0 bridgehead atoms. The van der Waals surface area contributed by atoms with Crippen molar-refractivity contribution in [2.24, 2.45) is 4.99 Å². The molecule has 0 saturated carbocycles. The summed E-state index contributed by atoms with van der Waals surface area (Å²) in [5, 5.41) is 14.6. The maximum atomic E-state index is 13.4. The molecule has 29 heavy (non-hydrogen) atoms. The number of nitrogens with zero attached hydrogens (tertiary/aromatic N) is 2. The molecular weight excluding hydrogens is 393 g/mol. The quantitative estimate of drug-likeness (QED) is 0.777. The Morgan fingerprint density at radius 3 is 2.59 bits per heavy atom. The third-order valence-corrected chi connectivity index (χ3v) is 6.00. The number of rotatable bonds is 2. The number of aromatic hydroxyl groups is 1. The zero-order valence-electron chi connectivity index (χ0n) is 16.2. The summed E-state index contributed by atoms with van der Waals surface area (Å²) in [6.45, 7) is 2.79. The number of hydrogen-bond donors (Lipinski definition) is 2. The summed E-state index contributed by atoms with van der Waals surface area (Å²) in [6, 6.07) is 11.3. The maximum Gasteiger partial charge on any atom is 0.219 e. The molecule has 2 aliphatic rings. The van der Waals surface area contributed by atoms with Crippen molar-refractivity contribution in [1.82, 2.24) is 10.2 Å². The van der Waals surface area contributed by atoms with Crippen LogP contribution in [0, 0.1) is 5.82 Å². The van der Waals surface area contributed by atoms with E-state index in [0.717, 1.165) is 11.3 Å². The monoisotopic (exact) mass is 415 g/mol. The van der Waals surface area contributed by atoms with Gasteiger partial charge in [0.25, 0.3) is 0 Å². The van der Waals surface area contributed by atoms with Crippen LogP contribution in [0.3, 0.4) is 0 Å². The fourth-order valence-electron chi connectivity index (χ4n) is 4.16. The Hall–Kier alpha value is -2.44. The zero-order chi connectivity index (χ0) is 20.6. The lowest BCUT2D eigenvalue weighted by atomic mass is 9.87. The van der Waals surface area contributed by atoms with Gasteiger partial charge in [0.15, 0.2) is 0 Å². The van der Waals surface area contributed by atoms with Crippen LogP contribution in [0.15, 0.2) is 47.5 Å². The Balaban J connectivity index is 1.72. The van der Waals surface area contributed by atoms with Crippen molar-refractivity contribution in [3.8, 4) is 5.75 Å². The Labute approximate surface area is 174 Å². The normalized spacial score (nSPS) is 21.1. The number of aliphatic imine (C=N–C) groups is 1. The average Bonchev–Trinajstić information content (AvgIpc) is 2.70. The lowest BCUT2D eigenvalue weighted by molar-refractivity contribution is -0.130. The lowest BCUT2D eigenvalue weighted by Crippen LogP contribution is -2.56. The second kappa shape index (κ2) is 7.76. The van der Waals surface area contributed by atoms with Crippen LogP contribution < -0.4 is 5.32 Å². The molecule has 7 heteroatoms. The van der Waals surface area contributed by atoms with E-state index in [1.807, 2.05) is 4.90 Å². The third-order valence-electron chi connectivity index (χ3n) is 5.77. The van der Waals surface area contributed by atoms with E-state index < -0.39 is 5.66 Å². The number of phenols is 1. The van der Waals surface area contributed by atoms with Crippen molar-refractivity contribution in [2.45, 2.75) is 37.9 Å². The fourth-order valence-corrected chi connectivity index (χ4v) is 4.33. The highest BCUT2D eigenvalue weighted by molar-refractivity contribution is 6.31. The van der Waals surface area contributed by atoms with Gasteiger partial charge in [-0.05, 0) is 35.9 Å². The van der Waals surface area contributed by atoms with Gasteiger partial charge in [-0.1, -0.05) is 23.7 Å². The number of piperidine rings is 1. The van der Waals surface area contributed by atoms with Gasteiger partial charge in [0.05, 0.1) is 0 Å². The smallest absolute Gasteiger partial charge is 0.219 e. The molecule has 1 atom stereocenters. The van der Waals surface area contributed by atoms with E-state index in [4.69, 9.17) is 16.6 Å². The van der Waals surface area contributed by atoms with Crippen LogP contribution in [-0.2, 0) is 4.79 Å². The first-order valence-electron chi connectivity index (χ1n) is 9.71. The molecule has 0 aromatic heterocycles. The van der Waals surface area contributed by atoms with Crippen molar-refractivity contribution in [1.29, 1.82) is 0 Å². The predicted molar refractivity (Wildman–Crippen MR) is 111 cm³/mol. The number of halogens is 2. The molecule has 1 spiro atoms. The number of amides is 1. The predicted octanol–water partition coefficient (Wildman–Crippen LogP) is 4.05. The highest BCUT2D eigenvalue weighted by Crippen LogP contribution is 2.37. The SMILES string of the molecule is CC(=O)N1CCC2(CC1)N=C(c1cc(Cl)ccc1O)CC(c1ccc(F)cc1)N2. The van der Waals surface area contributed by atoms with Crippen LogP contribution >= 0.6 is 11.6 Å². The first-order valence-corrected chi connectivity index (χ1v) is 10.1. The second-order valence-corrected chi connectivity index (χ2v) is 8.15. The van der Waals surface area contributed by atoms with E-state index >= 15 is 0 Å². The number of likely N-dealkylation sites (tertiary alicyclic amines) is 1. The largest absolute Gasteiger partial charge is 0.507 e. The molecule has 2 aromatic rings. The first kappa shape index (κ1) is 19.9. The van der Waals surface area contributed by atoms with Crippen LogP contribution in [0.2, 0.25) is 5.02 Å². The van der Waals surface area contributed by atoms with Crippen molar-refractivity contribution < 1.29 is 14.3 Å². The zero-order valence-corrected chi connectivity index (χ0v) is 16.9. The first-order chi connectivity index (χ1) is 13.8. The van der Waals surface area contributed by atoms with Crippen LogP contribution in [0.25, 0.3) is 0 Å². The van der Waals surface area contributed by atoms with Crippen LogP contribution in [0.4, 0.5) is 4.39 Å². The molecular formula is C22H23ClFN3O2. The Morgan fingerprint density at radius 1 is 1.24 bits per heavy atom. The van der Waals surface area contributed by atoms with Gasteiger partial charge < -0.3 is 10.0 Å². The Morgan fingerprint density at radius 2 is 1.93 bits per heavy atom. The number of nitrogens with one attached hydrogen (secondary N) is 1. The van der Waals surface area contributed by atoms with Crippen LogP contribution in [-0.4, -0.2) is 40.4 Å². The minimum absolute atomic E-state index is 0.0578.